The lowest BCUT2D eigenvalue weighted by Gasteiger charge is -1.98. The van der Waals surface area contributed by atoms with Crippen molar-refractivity contribution in [1.29, 1.82) is 5.26 Å². The minimum absolute atomic E-state index is 0.400. The van der Waals surface area contributed by atoms with Crippen LogP contribution < -0.4 is 0 Å². The monoisotopic (exact) mass is 204 g/mol. The Morgan fingerprint density at radius 1 is 1.43 bits per heavy atom. The Morgan fingerprint density at radius 3 is 2.93 bits per heavy atom. The molecule has 0 saturated heterocycles. The van der Waals surface area contributed by atoms with Gasteiger partial charge in [-0.25, -0.2) is 9.67 Å². The van der Waals surface area contributed by atoms with Gasteiger partial charge in [-0.3, -0.25) is 0 Å². The van der Waals surface area contributed by atoms with Crippen molar-refractivity contribution in [2.24, 2.45) is 0 Å². The van der Waals surface area contributed by atoms with Crippen LogP contribution in [0.5, 0.6) is 0 Å². The molecule has 0 N–H and O–H groups in total. The molecular weight excluding hydrogens is 200 g/mol. The minimum atomic E-state index is 0.400. The van der Waals surface area contributed by atoms with Crippen LogP contribution in [0.25, 0.3) is 5.82 Å². The van der Waals surface area contributed by atoms with Gasteiger partial charge in [0.05, 0.1) is 18.0 Å². The van der Waals surface area contributed by atoms with Gasteiger partial charge in [0, 0.05) is 0 Å². The summed E-state index contributed by atoms with van der Waals surface area (Å²) in [6.07, 6.45) is 3.07. The molecule has 5 heteroatoms. The van der Waals surface area contributed by atoms with Crippen molar-refractivity contribution in [3.05, 3.63) is 41.3 Å². The molecule has 0 bridgehead atoms. The summed E-state index contributed by atoms with van der Waals surface area (Å²) in [7, 11) is 0. The maximum Gasteiger partial charge on any atom is 0.155 e. The summed E-state index contributed by atoms with van der Waals surface area (Å²) in [6.45, 7) is 0. The molecule has 0 atom stereocenters. The van der Waals surface area contributed by atoms with Gasteiger partial charge in [-0.1, -0.05) is 17.7 Å². The van der Waals surface area contributed by atoms with Crippen LogP contribution in [-0.2, 0) is 0 Å². The Balaban J connectivity index is 2.45. The lowest BCUT2D eigenvalue weighted by atomic mass is 10.4. The van der Waals surface area contributed by atoms with Gasteiger partial charge >= 0.3 is 0 Å². The number of nitrogens with zero attached hydrogens (tertiary/aromatic N) is 4. The van der Waals surface area contributed by atoms with E-state index in [4.69, 9.17) is 16.9 Å². The zero-order chi connectivity index (χ0) is 9.97. The fourth-order valence-corrected chi connectivity index (χ4v) is 1.19. The van der Waals surface area contributed by atoms with Gasteiger partial charge in [-0.2, -0.15) is 10.4 Å². The van der Waals surface area contributed by atoms with Crippen LogP contribution in [0.2, 0.25) is 5.15 Å². The third-order valence-electron chi connectivity index (χ3n) is 1.65. The highest BCUT2D eigenvalue weighted by Crippen LogP contribution is 2.09. The van der Waals surface area contributed by atoms with E-state index in [1.54, 1.807) is 24.4 Å². The van der Waals surface area contributed by atoms with Gasteiger partial charge in [-0.05, 0) is 12.1 Å². The molecule has 0 unspecified atom stereocenters. The van der Waals surface area contributed by atoms with Crippen molar-refractivity contribution in [1.82, 2.24) is 14.8 Å². The van der Waals surface area contributed by atoms with E-state index in [1.807, 2.05) is 6.07 Å². The first kappa shape index (κ1) is 8.73. The second-order valence-corrected chi connectivity index (χ2v) is 2.99. The molecule has 0 aliphatic carbocycles. The molecule has 14 heavy (non-hydrogen) atoms. The van der Waals surface area contributed by atoms with Crippen molar-refractivity contribution in [3.8, 4) is 11.9 Å². The molecule has 0 aliphatic heterocycles. The zero-order valence-corrected chi connectivity index (χ0v) is 7.81. The maximum atomic E-state index is 8.60. The number of rotatable bonds is 1. The molecule has 2 aromatic heterocycles. The number of pyridine rings is 1. The van der Waals surface area contributed by atoms with Crippen molar-refractivity contribution in [2.75, 3.05) is 0 Å². The van der Waals surface area contributed by atoms with Crippen molar-refractivity contribution < 1.29 is 0 Å². The SMILES string of the molecule is N#Cc1cnn(-c2cccc(Cl)n2)c1. The Kier molecular flexibility index (Phi) is 2.17. The fraction of sp³-hybridized carbons (Fsp3) is 0. The Hall–Kier alpha value is -1.86. The first-order chi connectivity index (χ1) is 6.79. The van der Waals surface area contributed by atoms with Crippen LogP contribution in [0.4, 0.5) is 0 Å². The van der Waals surface area contributed by atoms with Gasteiger partial charge in [-0.15, -0.1) is 0 Å². The predicted molar refractivity (Wildman–Crippen MR) is 51.1 cm³/mol. The topological polar surface area (TPSA) is 54.5 Å². The molecule has 0 aromatic carbocycles. The Bertz CT molecular complexity index is 498. The Morgan fingerprint density at radius 2 is 2.29 bits per heavy atom. The summed E-state index contributed by atoms with van der Waals surface area (Å²) in [5.41, 5.74) is 0.492. The summed E-state index contributed by atoms with van der Waals surface area (Å²) in [5, 5.41) is 13.0. The van der Waals surface area contributed by atoms with Gasteiger partial charge in [0.25, 0.3) is 0 Å². The summed E-state index contributed by atoms with van der Waals surface area (Å²) in [6, 6.07) is 7.21. The van der Waals surface area contributed by atoms with E-state index in [2.05, 4.69) is 10.1 Å². The molecule has 2 heterocycles. The second kappa shape index (κ2) is 3.48. The highest BCUT2D eigenvalue weighted by atomic mass is 35.5. The summed E-state index contributed by atoms with van der Waals surface area (Å²) >= 11 is 5.72. The van der Waals surface area contributed by atoms with Crippen molar-refractivity contribution >= 4 is 11.6 Å². The maximum absolute atomic E-state index is 8.60. The minimum Gasteiger partial charge on any atom is -0.221 e. The molecule has 0 radical (unpaired) electrons. The van der Waals surface area contributed by atoms with E-state index in [0.29, 0.717) is 16.5 Å². The standard InChI is InChI=1S/C9H5ClN4/c10-8-2-1-3-9(13-8)14-6-7(4-11)5-12-14/h1-3,5-6H. The summed E-state index contributed by atoms with van der Waals surface area (Å²) < 4.78 is 1.50. The highest BCUT2D eigenvalue weighted by Gasteiger charge is 2.01. The number of aromatic nitrogens is 3. The van der Waals surface area contributed by atoms with Crippen molar-refractivity contribution in [3.63, 3.8) is 0 Å². The molecule has 68 valence electrons. The van der Waals surface area contributed by atoms with E-state index < -0.39 is 0 Å². The Labute approximate surface area is 85.4 Å². The van der Waals surface area contributed by atoms with E-state index in [9.17, 15) is 0 Å². The molecular formula is C9H5ClN4. The predicted octanol–water partition coefficient (Wildman–Crippen LogP) is 1.79. The molecule has 0 fully saturated rings. The zero-order valence-electron chi connectivity index (χ0n) is 7.05. The number of nitriles is 1. The normalized spacial score (nSPS) is 9.71. The number of hydrogen-bond acceptors (Lipinski definition) is 3. The highest BCUT2D eigenvalue weighted by molar-refractivity contribution is 6.29. The van der Waals surface area contributed by atoms with Crippen LogP contribution in [0.1, 0.15) is 5.56 Å². The third kappa shape index (κ3) is 1.58. The molecule has 0 amide bonds. The number of hydrogen-bond donors (Lipinski definition) is 0. The number of halogens is 1. The molecule has 2 rings (SSSR count). The third-order valence-corrected chi connectivity index (χ3v) is 1.86. The first-order valence-corrected chi connectivity index (χ1v) is 4.25. The molecule has 0 spiro atoms. The van der Waals surface area contributed by atoms with E-state index in [0.717, 1.165) is 0 Å². The van der Waals surface area contributed by atoms with Gasteiger partial charge < -0.3 is 0 Å². The average Bonchev–Trinajstić information content (AvgIpc) is 2.66. The summed E-state index contributed by atoms with van der Waals surface area (Å²) in [5.74, 6) is 0.596. The van der Waals surface area contributed by atoms with Crippen LogP contribution in [-0.4, -0.2) is 14.8 Å². The van der Waals surface area contributed by atoms with Crippen molar-refractivity contribution in [2.45, 2.75) is 0 Å². The van der Waals surface area contributed by atoms with Crippen LogP contribution in [0.3, 0.4) is 0 Å². The van der Waals surface area contributed by atoms with Gasteiger partial charge in [0.2, 0.25) is 0 Å². The van der Waals surface area contributed by atoms with Gasteiger partial charge in [0.15, 0.2) is 5.82 Å². The van der Waals surface area contributed by atoms with Gasteiger partial charge in [0.1, 0.15) is 11.2 Å². The van der Waals surface area contributed by atoms with Crippen LogP contribution >= 0.6 is 11.6 Å². The van der Waals surface area contributed by atoms with E-state index >= 15 is 0 Å². The summed E-state index contributed by atoms with van der Waals surface area (Å²) in [4.78, 5) is 4.05. The molecule has 0 aliphatic rings. The molecule has 4 nitrogen and oxygen atoms in total. The lowest BCUT2D eigenvalue weighted by molar-refractivity contribution is 0.847. The quantitative estimate of drug-likeness (QED) is 0.666. The fourth-order valence-electron chi connectivity index (χ4n) is 1.03. The van der Waals surface area contributed by atoms with Crippen LogP contribution in [0, 0.1) is 11.3 Å². The lowest BCUT2D eigenvalue weighted by Crippen LogP contribution is -1.96. The van der Waals surface area contributed by atoms with Crippen LogP contribution in [0.15, 0.2) is 30.6 Å². The smallest absolute Gasteiger partial charge is 0.155 e. The molecule has 0 saturated carbocycles. The van der Waals surface area contributed by atoms with E-state index in [1.165, 1.54) is 10.9 Å². The molecule has 2 aromatic rings. The average molecular weight is 205 g/mol. The largest absolute Gasteiger partial charge is 0.221 e. The van der Waals surface area contributed by atoms with E-state index in [-0.39, 0.29) is 0 Å². The second-order valence-electron chi connectivity index (χ2n) is 2.60. The first-order valence-electron chi connectivity index (χ1n) is 3.87.